The summed E-state index contributed by atoms with van der Waals surface area (Å²) in [6, 6.07) is 9.75. The van der Waals surface area contributed by atoms with Gasteiger partial charge in [-0.25, -0.2) is 4.79 Å². The van der Waals surface area contributed by atoms with Crippen molar-refractivity contribution in [2.24, 2.45) is 0 Å². The predicted octanol–water partition coefficient (Wildman–Crippen LogP) is 3.80. The number of nitrogens with one attached hydrogen (secondary N) is 1. The highest BCUT2D eigenvalue weighted by Gasteiger charge is 2.30. The van der Waals surface area contributed by atoms with Gasteiger partial charge in [-0.3, -0.25) is 4.79 Å². The third kappa shape index (κ3) is 3.70. The number of carbonyl (C=O) groups is 2. The van der Waals surface area contributed by atoms with E-state index in [4.69, 9.17) is 4.74 Å². The lowest BCUT2D eigenvalue weighted by Crippen LogP contribution is -2.20. The van der Waals surface area contributed by atoms with Crippen LogP contribution in [0.15, 0.2) is 47.6 Å². The van der Waals surface area contributed by atoms with Crippen LogP contribution in [0.25, 0.3) is 16.8 Å². The lowest BCUT2D eigenvalue weighted by Gasteiger charge is -2.10. The second-order valence-electron chi connectivity index (χ2n) is 6.23. The molecule has 0 aliphatic carbocycles. The van der Waals surface area contributed by atoms with Crippen molar-refractivity contribution in [1.29, 1.82) is 0 Å². The van der Waals surface area contributed by atoms with Crippen molar-refractivity contribution >= 4 is 29.3 Å². The summed E-state index contributed by atoms with van der Waals surface area (Å²) in [5.74, 6) is 0.181. The van der Waals surface area contributed by atoms with E-state index >= 15 is 0 Å². The van der Waals surface area contributed by atoms with Gasteiger partial charge in [0, 0.05) is 35.8 Å². The number of ether oxygens (including phenoxy) is 1. The molecule has 0 radical (unpaired) electrons. The van der Waals surface area contributed by atoms with Crippen LogP contribution >= 0.6 is 11.8 Å². The van der Waals surface area contributed by atoms with Crippen LogP contribution in [0.1, 0.15) is 31.1 Å². The molecule has 0 unspecified atom stereocenters. The van der Waals surface area contributed by atoms with Gasteiger partial charge < -0.3 is 14.6 Å². The van der Waals surface area contributed by atoms with Crippen molar-refractivity contribution in [2.45, 2.75) is 31.9 Å². The minimum absolute atomic E-state index is 0.128. The number of fused-ring (bicyclic) bond motifs is 1. The van der Waals surface area contributed by atoms with Gasteiger partial charge in [0.2, 0.25) is 5.91 Å². The maximum atomic E-state index is 12.8. The molecule has 1 amide bonds. The third-order valence-corrected chi connectivity index (χ3v) is 5.02. The Morgan fingerprint density at radius 3 is 2.69 bits per heavy atom. The Morgan fingerprint density at radius 2 is 2.04 bits per heavy atom. The molecule has 0 bridgehead atoms. The van der Waals surface area contributed by atoms with Crippen LogP contribution in [0.5, 0.6) is 0 Å². The lowest BCUT2D eigenvalue weighted by atomic mass is 10.1. The molecule has 0 saturated carbocycles. The molecule has 6 heteroatoms. The Labute approximate surface area is 157 Å². The largest absolute Gasteiger partial charge is 0.459 e. The van der Waals surface area contributed by atoms with Gasteiger partial charge in [0.15, 0.2) is 0 Å². The average molecular weight is 370 g/mol. The molecule has 26 heavy (non-hydrogen) atoms. The smallest absolute Gasteiger partial charge is 0.341 e. The molecular weight excluding hydrogens is 348 g/mol. The minimum Gasteiger partial charge on any atom is -0.459 e. The number of rotatable bonds is 5. The molecule has 5 nitrogen and oxygen atoms in total. The summed E-state index contributed by atoms with van der Waals surface area (Å²) in [7, 11) is 0. The molecule has 3 rings (SSSR count). The van der Waals surface area contributed by atoms with Crippen LogP contribution in [0, 0.1) is 0 Å². The molecule has 2 aromatic rings. The van der Waals surface area contributed by atoms with Gasteiger partial charge in [0.25, 0.3) is 0 Å². The highest BCUT2D eigenvalue weighted by molar-refractivity contribution is 8.00. The number of thioether (sulfide) groups is 1. The number of esters is 1. The number of benzene rings is 1. The first-order valence-corrected chi connectivity index (χ1v) is 9.63. The molecule has 136 valence electrons. The fraction of sp³-hybridized carbons (Fsp3) is 0.300. The molecule has 1 aromatic carbocycles. The van der Waals surface area contributed by atoms with Crippen molar-refractivity contribution in [2.75, 3.05) is 12.3 Å². The lowest BCUT2D eigenvalue weighted by molar-refractivity contribution is -0.116. The molecular formula is C20H22N2O3S. The van der Waals surface area contributed by atoms with Crippen LogP contribution in [0.3, 0.4) is 0 Å². The second kappa shape index (κ2) is 7.83. The van der Waals surface area contributed by atoms with Gasteiger partial charge in [-0.05, 0) is 26.3 Å². The molecule has 0 atom stereocenters. The fourth-order valence-electron chi connectivity index (χ4n) is 2.85. The number of hydrogen-bond donors (Lipinski definition) is 1. The number of nitrogens with zero attached hydrogens (tertiary/aromatic N) is 1. The first-order valence-electron chi connectivity index (χ1n) is 8.64. The van der Waals surface area contributed by atoms with Crippen LogP contribution < -0.4 is 5.32 Å². The molecule has 1 N–H and O–H groups in total. The minimum atomic E-state index is -0.334. The third-order valence-electron chi connectivity index (χ3n) is 3.91. The van der Waals surface area contributed by atoms with Gasteiger partial charge in [-0.2, -0.15) is 0 Å². The van der Waals surface area contributed by atoms with Gasteiger partial charge in [-0.15, -0.1) is 11.8 Å². The zero-order valence-electron chi connectivity index (χ0n) is 15.1. The molecule has 2 heterocycles. The van der Waals surface area contributed by atoms with E-state index in [9.17, 15) is 9.59 Å². The van der Waals surface area contributed by atoms with Crippen molar-refractivity contribution in [3.05, 3.63) is 48.2 Å². The standard InChI is InChI=1S/C20H22N2O3S/c1-4-21-17(23)10-15-12-26-19-18(20(24)25-13(2)3)16(11-22(15)19)14-8-6-5-7-9-14/h5-11,13H,4,12H2,1-3H3,(H,21,23). The monoisotopic (exact) mass is 370 g/mol. The Morgan fingerprint density at radius 1 is 1.31 bits per heavy atom. The SMILES string of the molecule is CCNC(=O)C=C1CSc2c(C(=O)OC(C)C)c(-c3ccccc3)cn21. The van der Waals surface area contributed by atoms with E-state index in [2.05, 4.69) is 5.32 Å². The van der Waals surface area contributed by atoms with E-state index in [0.29, 0.717) is 17.9 Å². The van der Waals surface area contributed by atoms with Gasteiger partial charge in [0.05, 0.1) is 16.7 Å². The molecule has 1 aliphatic rings. The van der Waals surface area contributed by atoms with Gasteiger partial charge >= 0.3 is 5.97 Å². The highest BCUT2D eigenvalue weighted by atomic mass is 32.2. The molecule has 1 aromatic heterocycles. The quantitative estimate of drug-likeness (QED) is 0.642. The summed E-state index contributed by atoms with van der Waals surface area (Å²) < 4.78 is 7.40. The topological polar surface area (TPSA) is 60.3 Å². The number of likely N-dealkylation sites (N-methyl/N-ethyl adjacent to an activating group) is 1. The van der Waals surface area contributed by atoms with Crippen molar-refractivity contribution in [3.8, 4) is 11.1 Å². The predicted molar refractivity (Wildman–Crippen MR) is 104 cm³/mol. The number of amides is 1. The molecule has 0 spiro atoms. The van der Waals surface area contributed by atoms with E-state index < -0.39 is 0 Å². The highest BCUT2D eigenvalue weighted by Crippen LogP contribution is 2.42. The van der Waals surface area contributed by atoms with E-state index in [1.807, 2.05) is 61.9 Å². The summed E-state index contributed by atoms with van der Waals surface area (Å²) in [6.45, 7) is 6.14. The first-order chi connectivity index (χ1) is 12.5. The first kappa shape index (κ1) is 18.3. The summed E-state index contributed by atoms with van der Waals surface area (Å²) in [5.41, 5.74) is 3.19. The molecule has 0 fully saturated rings. The Balaban J connectivity index is 2.09. The Hall–Kier alpha value is -2.47. The number of hydrogen-bond acceptors (Lipinski definition) is 4. The van der Waals surface area contributed by atoms with E-state index in [1.165, 1.54) is 0 Å². The number of carbonyl (C=O) groups excluding carboxylic acids is 2. The second-order valence-corrected chi connectivity index (χ2v) is 7.20. The fourth-order valence-corrected chi connectivity index (χ4v) is 4.00. The van der Waals surface area contributed by atoms with Crippen molar-refractivity contribution in [3.63, 3.8) is 0 Å². The maximum Gasteiger partial charge on any atom is 0.341 e. The zero-order valence-corrected chi connectivity index (χ0v) is 15.9. The van der Waals surface area contributed by atoms with E-state index in [1.54, 1.807) is 17.8 Å². The van der Waals surface area contributed by atoms with Crippen LogP contribution in [-0.2, 0) is 9.53 Å². The summed E-state index contributed by atoms with van der Waals surface area (Å²) >= 11 is 1.55. The normalized spacial score (nSPS) is 14.5. The average Bonchev–Trinajstić information content (AvgIpc) is 3.15. The number of aromatic nitrogens is 1. The Kier molecular flexibility index (Phi) is 5.52. The Bertz CT molecular complexity index is 853. The summed E-state index contributed by atoms with van der Waals surface area (Å²) in [6.07, 6.45) is 3.32. The van der Waals surface area contributed by atoms with E-state index in [0.717, 1.165) is 21.8 Å². The maximum absolute atomic E-state index is 12.8. The van der Waals surface area contributed by atoms with Crippen LogP contribution in [0.4, 0.5) is 0 Å². The van der Waals surface area contributed by atoms with Crippen molar-refractivity contribution in [1.82, 2.24) is 9.88 Å². The summed E-state index contributed by atoms with van der Waals surface area (Å²) in [5, 5.41) is 3.60. The van der Waals surface area contributed by atoms with Gasteiger partial charge in [0.1, 0.15) is 0 Å². The van der Waals surface area contributed by atoms with Crippen molar-refractivity contribution < 1.29 is 14.3 Å². The molecule has 1 aliphatic heterocycles. The van der Waals surface area contributed by atoms with Crippen LogP contribution in [0.2, 0.25) is 0 Å². The molecule has 0 saturated heterocycles. The van der Waals surface area contributed by atoms with E-state index in [-0.39, 0.29) is 18.0 Å². The zero-order chi connectivity index (χ0) is 18.7. The van der Waals surface area contributed by atoms with Gasteiger partial charge in [-0.1, -0.05) is 30.3 Å². The van der Waals surface area contributed by atoms with Crippen LogP contribution in [-0.4, -0.2) is 34.8 Å². The summed E-state index contributed by atoms with van der Waals surface area (Å²) in [4.78, 5) is 24.7.